The molecule has 104 valence electrons. The fraction of sp³-hybridized carbons (Fsp3) is 0.786. The molecule has 1 heterocycles. The van der Waals surface area contributed by atoms with Crippen molar-refractivity contribution in [3.05, 3.63) is 16.1 Å². The molecular formula is C14H26N2OS. The molecule has 0 bridgehead atoms. The third kappa shape index (κ3) is 4.34. The zero-order chi connectivity index (χ0) is 13.8. The van der Waals surface area contributed by atoms with Crippen LogP contribution in [0.25, 0.3) is 0 Å². The van der Waals surface area contributed by atoms with E-state index in [9.17, 15) is 0 Å². The van der Waals surface area contributed by atoms with Gasteiger partial charge in [-0.15, -0.1) is 11.3 Å². The Kier molecular flexibility index (Phi) is 5.32. The number of nitrogens with zero attached hydrogens (tertiary/aromatic N) is 1. The fourth-order valence-electron chi connectivity index (χ4n) is 1.67. The summed E-state index contributed by atoms with van der Waals surface area (Å²) in [7, 11) is 0. The lowest BCUT2D eigenvalue weighted by Crippen LogP contribution is -2.42. The quantitative estimate of drug-likeness (QED) is 0.835. The Morgan fingerprint density at radius 2 is 2.00 bits per heavy atom. The fourth-order valence-corrected chi connectivity index (χ4v) is 2.58. The molecule has 1 aromatic rings. The van der Waals surface area contributed by atoms with Crippen molar-refractivity contribution in [2.24, 2.45) is 0 Å². The summed E-state index contributed by atoms with van der Waals surface area (Å²) in [5.41, 5.74) is 1.23. The molecule has 0 aliphatic rings. The predicted molar refractivity (Wildman–Crippen MR) is 78.1 cm³/mol. The van der Waals surface area contributed by atoms with Gasteiger partial charge in [-0.3, -0.25) is 0 Å². The van der Waals surface area contributed by atoms with Crippen molar-refractivity contribution in [2.75, 3.05) is 6.61 Å². The number of hydrogen-bond donors (Lipinski definition) is 2. The second-order valence-electron chi connectivity index (χ2n) is 6.14. The first-order valence-electron chi connectivity index (χ1n) is 6.61. The Morgan fingerprint density at radius 3 is 2.44 bits per heavy atom. The van der Waals surface area contributed by atoms with Crippen LogP contribution in [0.4, 0.5) is 0 Å². The van der Waals surface area contributed by atoms with Gasteiger partial charge in [-0.05, 0) is 19.8 Å². The number of aliphatic hydroxyl groups excluding tert-OH is 1. The molecule has 0 radical (unpaired) electrons. The summed E-state index contributed by atoms with van der Waals surface area (Å²) in [5.74, 6) is 0. The van der Waals surface area contributed by atoms with Crippen molar-refractivity contribution in [3.63, 3.8) is 0 Å². The van der Waals surface area contributed by atoms with Crippen LogP contribution in [0.1, 0.15) is 58.2 Å². The van der Waals surface area contributed by atoms with Gasteiger partial charge in [0, 0.05) is 29.5 Å². The summed E-state index contributed by atoms with van der Waals surface area (Å²) >= 11 is 1.73. The minimum absolute atomic E-state index is 0.000260. The number of aromatic nitrogens is 1. The van der Waals surface area contributed by atoms with Gasteiger partial charge >= 0.3 is 0 Å². The topological polar surface area (TPSA) is 45.1 Å². The number of nitrogens with one attached hydrogen (secondary N) is 1. The van der Waals surface area contributed by atoms with E-state index in [1.54, 1.807) is 11.3 Å². The third-order valence-electron chi connectivity index (χ3n) is 3.33. The van der Waals surface area contributed by atoms with Crippen molar-refractivity contribution in [3.8, 4) is 0 Å². The number of hydrogen-bond acceptors (Lipinski definition) is 4. The molecule has 0 aromatic carbocycles. The molecule has 0 amide bonds. The van der Waals surface area contributed by atoms with Gasteiger partial charge in [0.1, 0.15) is 0 Å². The molecule has 0 spiro atoms. The summed E-state index contributed by atoms with van der Waals surface area (Å²) in [6.45, 7) is 11.9. The number of rotatable bonds is 6. The molecule has 0 fully saturated rings. The van der Waals surface area contributed by atoms with E-state index in [2.05, 4.69) is 50.3 Å². The maximum absolute atomic E-state index is 9.09. The van der Waals surface area contributed by atoms with Crippen LogP contribution in [0.15, 0.2) is 5.38 Å². The highest BCUT2D eigenvalue weighted by atomic mass is 32.1. The Balaban J connectivity index is 2.61. The summed E-state index contributed by atoms with van der Waals surface area (Å²) in [6.07, 6.45) is 1.78. The molecule has 4 heteroatoms. The van der Waals surface area contributed by atoms with Crippen LogP contribution in [-0.4, -0.2) is 22.2 Å². The number of aliphatic hydroxyl groups is 1. The van der Waals surface area contributed by atoms with E-state index in [0.717, 1.165) is 25.1 Å². The lowest BCUT2D eigenvalue weighted by molar-refractivity contribution is 0.214. The Morgan fingerprint density at radius 1 is 1.33 bits per heavy atom. The second-order valence-corrected chi connectivity index (χ2v) is 6.99. The molecule has 0 saturated heterocycles. The van der Waals surface area contributed by atoms with E-state index < -0.39 is 0 Å². The van der Waals surface area contributed by atoms with E-state index in [0.29, 0.717) is 0 Å². The average molecular weight is 270 g/mol. The van der Waals surface area contributed by atoms with Gasteiger partial charge in [0.05, 0.1) is 10.7 Å². The molecule has 0 saturated carbocycles. The molecule has 1 unspecified atom stereocenters. The van der Waals surface area contributed by atoms with Gasteiger partial charge in [0.25, 0.3) is 0 Å². The van der Waals surface area contributed by atoms with Gasteiger partial charge in [0.2, 0.25) is 0 Å². The van der Waals surface area contributed by atoms with Crippen LogP contribution in [0.3, 0.4) is 0 Å². The van der Waals surface area contributed by atoms with Gasteiger partial charge in [-0.2, -0.15) is 0 Å². The van der Waals surface area contributed by atoms with Crippen LogP contribution in [0, 0.1) is 0 Å². The Hall–Kier alpha value is -0.450. The van der Waals surface area contributed by atoms with E-state index in [1.807, 2.05) is 0 Å². The van der Waals surface area contributed by atoms with Crippen LogP contribution in [0.2, 0.25) is 0 Å². The summed E-state index contributed by atoms with van der Waals surface area (Å²) in [5, 5.41) is 15.9. The second kappa shape index (κ2) is 6.13. The van der Waals surface area contributed by atoms with Gasteiger partial charge in [-0.1, -0.05) is 27.7 Å². The zero-order valence-corrected chi connectivity index (χ0v) is 13.0. The standard InChI is InChI=1S/C14H26N2OS/c1-6-14(5,7-8-17)15-9-11-10-18-12(16-11)13(2,3)4/h10,15,17H,6-9H2,1-5H3. The SMILES string of the molecule is CCC(C)(CCO)NCc1csc(C(C)(C)C)n1. The maximum Gasteiger partial charge on any atom is 0.0982 e. The largest absolute Gasteiger partial charge is 0.396 e. The highest BCUT2D eigenvalue weighted by Crippen LogP contribution is 2.25. The first-order valence-corrected chi connectivity index (χ1v) is 7.49. The molecule has 18 heavy (non-hydrogen) atoms. The van der Waals surface area contributed by atoms with Crippen LogP contribution in [-0.2, 0) is 12.0 Å². The minimum Gasteiger partial charge on any atom is -0.396 e. The van der Waals surface area contributed by atoms with E-state index >= 15 is 0 Å². The van der Waals surface area contributed by atoms with Crippen molar-refractivity contribution in [2.45, 2.75) is 65.0 Å². The first-order chi connectivity index (χ1) is 8.30. The molecule has 2 N–H and O–H groups in total. The Labute approximate surface area is 115 Å². The maximum atomic E-state index is 9.09. The minimum atomic E-state index is 0.000260. The first kappa shape index (κ1) is 15.6. The molecule has 1 aromatic heterocycles. The van der Waals surface area contributed by atoms with Gasteiger partial charge < -0.3 is 10.4 Å². The highest BCUT2D eigenvalue weighted by molar-refractivity contribution is 7.09. The molecule has 0 aliphatic heterocycles. The monoisotopic (exact) mass is 270 g/mol. The van der Waals surface area contributed by atoms with Crippen molar-refractivity contribution < 1.29 is 5.11 Å². The van der Waals surface area contributed by atoms with Crippen molar-refractivity contribution in [1.82, 2.24) is 10.3 Å². The summed E-state index contributed by atoms with van der Waals surface area (Å²) < 4.78 is 0. The number of thiazole rings is 1. The molecule has 0 aliphatic carbocycles. The van der Waals surface area contributed by atoms with Crippen LogP contribution >= 0.6 is 11.3 Å². The lowest BCUT2D eigenvalue weighted by Gasteiger charge is -2.28. The van der Waals surface area contributed by atoms with E-state index in [1.165, 1.54) is 5.01 Å². The third-order valence-corrected chi connectivity index (χ3v) is 4.65. The zero-order valence-electron chi connectivity index (χ0n) is 12.2. The summed E-state index contributed by atoms with van der Waals surface area (Å²) in [6, 6.07) is 0. The normalized spacial score (nSPS) is 15.7. The molecule has 1 rings (SSSR count). The highest BCUT2D eigenvalue weighted by Gasteiger charge is 2.22. The smallest absolute Gasteiger partial charge is 0.0982 e. The van der Waals surface area contributed by atoms with Crippen LogP contribution in [0.5, 0.6) is 0 Å². The average Bonchev–Trinajstić information content (AvgIpc) is 2.75. The van der Waals surface area contributed by atoms with E-state index in [-0.39, 0.29) is 17.6 Å². The molecule has 3 nitrogen and oxygen atoms in total. The van der Waals surface area contributed by atoms with Gasteiger partial charge in [0.15, 0.2) is 0 Å². The lowest BCUT2D eigenvalue weighted by atomic mass is 9.95. The van der Waals surface area contributed by atoms with Crippen molar-refractivity contribution >= 4 is 11.3 Å². The summed E-state index contributed by atoms with van der Waals surface area (Å²) in [4.78, 5) is 4.67. The Bertz CT molecular complexity index is 370. The molecule has 1 atom stereocenters. The predicted octanol–water partition coefficient (Wildman–Crippen LogP) is 3.08. The van der Waals surface area contributed by atoms with E-state index in [4.69, 9.17) is 5.11 Å². The van der Waals surface area contributed by atoms with Gasteiger partial charge in [-0.25, -0.2) is 4.98 Å². The molecular weight excluding hydrogens is 244 g/mol. The van der Waals surface area contributed by atoms with Crippen molar-refractivity contribution in [1.29, 1.82) is 0 Å². The van der Waals surface area contributed by atoms with Crippen LogP contribution < -0.4 is 5.32 Å².